The first-order valence-corrected chi connectivity index (χ1v) is 7.58. The second-order valence-electron chi connectivity index (χ2n) is 4.42. The zero-order valence-electron chi connectivity index (χ0n) is 11.3. The van der Waals surface area contributed by atoms with Crippen molar-refractivity contribution in [2.24, 2.45) is 0 Å². The summed E-state index contributed by atoms with van der Waals surface area (Å²) in [6.07, 6.45) is 2.11. The van der Waals surface area contributed by atoms with Crippen LogP contribution in [0.1, 0.15) is 11.1 Å². The number of benzene rings is 2. The molecule has 0 spiro atoms. The van der Waals surface area contributed by atoms with Crippen molar-refractivity contribution in [2.75, 3.05) is 11.6 Å². The van der Waals surface area contributed by atoms with E-state index in [9.17, 15) is 4.79 Å². The molecule has 0 heterocycles. The largest absolute Gasteiger partial charge is 0.481 e. The molecule has 0 radical (unpaired) electrons. The Balaban J connectivity index is 2.04. The van der Waals surface area contributed by atoms with Crippen LogP contribution < -0.4 is 5.32 Å². The summed E-state index contributed by atoms with van der Waals surface area (Å²) in [5.74, 6) is -0.804. The minimum atomic E-state index is -0.804. The number of rotatable bonds is 6. The standard InChI is InChI=1S/C16H17NO2S/c1-20-15-8-6-14(7-9-15)17-11-13-5-3-2-4-12(13)10-16(18)19/h2-9,17H,10-11H2,1H3,(H,18,19). The molecule has 20 heavy (non-hydrogen) atoms. The van der Waals surface area contributed by atoms with Gasteiger partial charge in [0.2, 0.25) is 0 Å². The van der Waals surface area contributed by atoms with Gasteiger partial charge in [-0.25, -0.2) is 0 Å². The number of carbonyl (C=O) groups is 1. The van der Waals surface area contributed by atoms with Gasteiger partial charge in [0.25, 0.3) is 0 Å². The van der Waals surface area contributed by atoms with E-state index in [4.69, 9.17) is 5.11 Å². The Morgan fingerprint density at radius 2 is 1.75 bits per heavy atom. The maximum Gasteiger partial charge on any atom is 0.307 e. The molecule has 2 aromatic rings. The van der Waals surface area contributed by atoms with E-state index in [0.717, 1.165) is 16.8 Å². The van der Waals surface area contributed by atoms with E-state index in [1.54, 1.807) is 11.8 Å². The second kappa shape index (κ2) is 7.01. The van der Waals surface area contributed by atoms with Gasteiger partial charge in [0.15, 0.2) is 0 Å². The van der Waals surface area contributed by atoms with Gasteiger partial charge in [0.05, 0.1) is 6.42 Å². The predicted octanol–water partition coefficient (Wildman–Crippen LogP) is 3.65. The molecule has 0 amide bonds. The molecule has 0 saturated carbocycles. The zero-order valence-corrected chi connectivity index (χ0v) is 12.1. The Hall–Kier alpha value is -1.94. The third kappa shape index (κ3) is 4.03. The number of hydrogen-bond donors (Lipinski definition) is 2. The summed E-state index contributed by atoms with van der Waals surface area (Å²) in [6, 6.07) is 15.8. The molecule has 2 N–H and O–H groups in total. The molecule has 4 heteroatoms. The summed E-state index contributed by atoms with van der Waals surface area (Å²) in [7, 11) is 0. The smallest absolute Gasteiger partial charge is 0.307 e. The van der Waals surface area contributed by atoms with Gasteiger partial charge < -0.3 is 10.4 Å². The molecule has 2 rings (SSSR count). The molecule has 2 aromatic carbocycles. The number of anilines is 1. The van der Waals surface area contributed by atoms with Crippen LogP contribution in [-0.4, -0.2) is 17.3 Å². The second-order valence-corrected chi connectivity index (χ2v) is 5.30. The fourth-order valence-electron chi connectivity index (χ4n) is 1.97. The molecule has 0 aliphatic carbocycles. The highest BCUT2D eigenvalue weighted by Gasteiger charge is 2.05. The first-order chi connectivity index (χ1) is 9.69. The molecule has 104 valence electrons. The first-order valence-electron chi connectivity index (χ1n) is 6.35. The van der Waals surface area contributed by atoms with Gasteiger partial charge >= 0.3 is 5.97 Å². The quantitative estimate of drug-likeness (QED) is 0.796. The molecule has 0 aliphatic rings. The number of aliphatic carboxylic acids is 1. The van der Waals surface area contributed by atoms with Crippen molar-refractivity contribution in [1.82, 2.24) is 0 Å². The van der Waals surface area contributed by atoms with Crippen LogP contribution in [-0.2, 0) is 17.8 Å². The van der Waals surface area contributed by atoms with Crippen LogP contribution in [0, 0.1) is 0 Å². The molecule has 0 saturated heterocycles. The van der Waals surface area contributed by atoms with Gasteiger partial charge in [-0.15, -0.1) is 11.8 Å². The van der Waals surface area contributed by atoms with Crippen LogP contribution in [0.15, 0.2) is 53.4 Å². The Kier molecular flexibility index (Phi) is 5.07. The molecule has 0 atom stereocenters. The van der Waals surface area contributed by atoms with E-state index < -0.39 is 5.97 Å². The average Bonchev–Trinajstić information content (AvgIpc) is 2.46. The highest BCUT2D eigenvalue weighted by molar-refractivity contribution is 7.98. The topological polar surface area (TPSA) is 49.3 Å². The van der Waals surface area contributed by atoms with Gasteiger partial charge in [0, 0.05) is 17.1 Å². The summed E-state index contributed by atoms with van der Waals surface area (Å²) in [5.41, 5.74) is 2.91. The number of carboxylic acids is 1. The van der Waals surface area contributed by atoms with E-state index in [0.29, 0.717) is 6.54 Å². The Morgan fingerprint density at radius 1 is 1.10 bits per heavy atom. The minimum absolute atomic E-state index is 0.0588. The van der Waals surface area contributed by atoms with Gasteiger partial charge in [0.1, 0.15) is 0 Å². The van der Waals surface area contributed by atoms with Crippen molar-refractivity contribution in [3.05, 3.63) is 59.7 Å². The van der Waals surface area contributed by atoms with E-state index in [2.05, 4.69) is 17.4 Å². The summed E-state index contributed by atoms with van der Waals surface area (Å²) < 4.78 is 0. The summed E-state index contributed by atoms with van der Waals surface area (Å²) in [6.45, 7) is 0.627. The summed E-state index contributed by atoms with van der Waals surface area (Å²) >= 11 is 1.71. The molecular formula is C16H17NO2S. The highest BCUT2D eigenvalue weighted by Crippen LogP contribution is 2.18. The fraction of sp³-hybridized carbons (Fsp3) is 0.188. The summed E-state index contributed by atoms with van der Waals surface area (Å²) in [4.78, 5) is 12.1. The van der Waals surface area contributed by atoms with Gasteiger partial charge in [-0.2, -0.15) is 0 Å². The van der Waals surface area contributed by atoms with E-state index in [-0.39, 0.29) is 6.42 Å². The predicted molar refractivity (Wildman–Crippen MR) is 83.3 cm³/mol. The molecule has 0 aromatic heterocycles. The fourth-order valence-corrected chi connectivity index (χ4v) is 2.38. The van der Waals surface area contributed by atoms with Gasteiger partial charge in [-0.3, -0.25) is 4.79 Å². The van der Waals surface area contributed by atoms with Crippen LogP contribution in [0.2, 0.25) is 0 Å². The van der Waals surface area contributed by atoms with Crippen LogP contribution >= 0.6 is 11.8 Å². The molecule has 3 nitrogen and oxygen atoms in total. The molecular weight excluding hydrogens is 270 g/mol. The number of hydrogen-bond acceptors (Lipinski definition) is 3. The Morgan fingerprint density at radius 3 is 2.35 bits per heavy atom. The van der Waals surface area contributed by atoms with Gasteiger partial charge in [-0.05, 0) is 41.6 Å². The third-order valence-corrected chi connectivity index (χ3v) is 3.78. The lowest BCUT2D eigenvalue weighted by Crippen LogP contribution is -2.07. The lowest BCUT2D eigenvalue weighted by molar-refractivity contribution is -0.136. The third-order valence-electron chi connectivity index (χ3n) is 3.03. The lowest BCUT2D eigenvalue weighted by Gasteiger charge is -2.10. The van der Waals surface area contributed by atoms with Gasteiger partial charge in [-0.1, -0.05) is 24.3 Å². The number of thioether (sulfide) groups is 1. The Bertz CT molecular complexity index is 581. The van der Waals surface area contributed by atoms with Crippen LogP contribution in [0.25, 0.3) is 0 Å². The van der Waals surface area contributed by atoms with Crippen molar-refractivity contribution in [2.45, 2.75) is 17.9 Å². The minimum Gasteiger partial charge on any atom is -0.481 e. The molecule has 0 aliphatic heterocycles. The monoisotopic (exact) mass is 287 g/mol. The van der Waals surface area contributed by atoms with E-state index in [1.165, 1.54) is 4.90 Å². The van der Waals surface area contributed by atoms with E-state index in [1.807, 2.05) is 42.7 Å². The first kappa shape index (κ1) is 14.5. The van der Waals surface area contributed by atoms with Crippen molar-refractivity contribution in [3.63, 3.8) is 0 Å². The molecule has 0 unspecified atom stereocenters. The lowest BCUT2D eigenvalue weighted by atomic mass is 10.0. The number of nitrogens with one attached hydrogen (secondary N) is 1. The maximum atomic E-state index is 10.8. The van der Waals surface area contributed by atoms with Crippen molar-refractivity contribution < 1.29 is 9.90 Å². The molecule has 0 fully saturated rings. The van der Waals surface area contributed by atoms with Crippen molar-refractivity contribution >= 4 is 23.4 Å². The van der Waals surface area contributed by atoms with Crippen molar-refractivity contribution in [3.8, 4) is 0 Å². The van der Waals surface area contributed by atoms with Crippen LogP contribution in [0.4, 0.5) is 5.69 Å². The average molecular weight is 287 g/mol. The molecule has 0 bridgehead atoms. The van der Waals surface area contributed by atoms with Crippen LogP contribution in [0.3, 0.4) is 0 Å². The van der Waals surface area contributed by atoms with E-state index >= 15 is 0 Å². The highest BCUT2D eigenvalue weighted by atomic mass is 32.2. The number of carboxylic acid groups (broad SMARTS) is 1. The zero-order chi connectivity index (χ0) is 14.4. The Labute approximate surface area is 123 Å². The normalized spacial score (nSPS) is 10.2. The van der Waals surface area contributed by atoms with Crippen molar-refractivity contribution in [1.29, 1.82) is 0 Å². The SMILES string of the molecule is CSc1ccc(NCc2ccccc2CC(=O)O)cc1. The van der Waals surface area contributed by atoms with Crippen LogP contribution in [0.5, 0.6) is 0 Å². The maximum absolute atomic E-state index is 10.8. The summed E-state index contributed by atoms with van der Waals surface area (Å²) in [5, 5.41) is 12.2.